The lowest BCUT2D eigenvalue weighted by Crippen LogP contribution is -2.13. The number of Topliss-reactive ketones (excluding diaryl/α,β-unsaturated/α-hetero) is 1. The normalized spacial score (nSPS) is 11.8. The summed E-state index contributed by atoms with van der Waals surface area (Å²) in [6.07, 6.45) is 0. The lowest BCUT2D eigenvalue weighted by Gasteiger charge is -2.11. The highest BCUT2D eigenvalue weighted by Crippen LogP contribution is 2.29. The summed E-state index contributed by atoms with van der Waals surface area (Å²) in [5.74, 6) is -3.35. The monoisotopic (exact) mass is 369 g/mol. The van der Waals surface area contributed by atoms with Crippen LogP contribution in [-0.2, 0) is 0 Å². The highest BCUT2D eigenvalue weighted by atomic mass is 79.9. The second kappa shape index (κ2) is 6.33. The molecule has 2 rings (SSSR count). The molecule has 2 aromatic rings. The van der Waals surface area contributed by atoms with E-state index < -0.39 is 23.3 Å². The van der Waals surface area contributed by atoms with Crippen molar-refractivity contribution in [1.82, 2.24) is 0 Å². The van der Waals surface area contributed by atoms with E-state index in [2.05, 4.69) is 15.9 Å². The summed E-state index contributed by atoms with van der Waals surface area (Å²) in [5.41, 5.74) is -0.0822. The van der Waals surface area contributed by atoms with E-state index in [9.17, 15) is 18.8 Å². The molecule has 2 aromatic carbocycles. The smallest absolute Gasteiger partial charge is 0.187 e. The average molecular weight is 371 g/mol. The number of hydrogen-bond donors (Lipinski definition) is 0. The minimum atomic E-state index is -1.30. The first kappa shape index (κ1) is 15.6. The maximum Gasteiger partial charge on any atom is 0.187 e. The van der Waals surface area contributed by atoms with Gasteiger partial charge in [0.15, 0.2) is 5.78 Å². The molecule has 1 unspecified atom stereocenters. The number of hydrogen-bond acceptors (Lipinski definition) is 2. The Morgan fingerprint density at radius 1 is 1.24 bits per heavy atom. The minimum absolute atomic E-state index is 0.0506. The molecule has 0 saturated heterocycles. The van der Waals surface area contributed by atoms with E-state index >= 15 is 0 Å². The van der Waals surface area contributed by atoms with Gasteiger partial charge in [-0.25, -0.2) is 8.78 Å². The van der Waals surface area contributed by atoms with Crippen molar-refractivity contribution < 1.29 is 13.6 Å². The summed E-state index contributed by atoms with van der Waals surface area (Å²) in [7, 11) is 0. The molecule has 106 valence electrons. The number of carbonyl (C=O) groups is 1. The van der Waals surface area contributed by atoms with Crippen LogP contribution in [-0.4, -0.2) is 5.78 Å². The van der Waals surface area contributed by atoms with Crippen LogP contribution in [0.4, 0.5) is 8.78 Å². The zero-order valence-electron chi connectivity index (χ0n) is 10.4. The molecule has 0 heterocycles. The van der Waals surface area contributed by atoms with Crippen molar-refractivity contribution in [2.75, 3.05) is 0 Å². The number of nitrogens with zero attached hydrogens (tertiary/aromatic N) is 1. The summed E-state index contributed by atoms with van der Waals surface area (Å²) in [4.78, 5) is 12.4. The molecule has 0 bridgehead atoms. The van der Waals surface area contributed by atoms with Gasteiger partial charge in [-0.05, 0) is 35.9 Å². The van der Waals surface area contributed by atoms with E-state index in [4.69, 9.17) is 11.6 Å². The molecule has 0 aliphatic carbocycles. The first-order valence-electron chi connectivity index (χ1n) is 5.78. The molecule has 0 aliphatic heterocycles. The van der Waals surface area contributed by atoms with Crippen LogP contribution in [0.5, 0.6) is 0 Å². The van der Waals surface area contributed by atoms with Crippen molar-refractivity contribution in [2.45, 2.75) is 5.92 Å². The summed E-state index contributed by atoms with van der Waals surface area (Å²) < 4.78 is 27.3. The molecule has 0 aliphatic rings. The van der Waals surface area contributed by atoms with Crippen molar-refractivity contribution in [2.24, 2.45) is 0 Å². The molecule has 0 aromatic heterocycles. The lowest BCUT2D eigenvalue weighted by molar-refractivity contribution is 0.0975. The van der Waals surface area contributed by atoms with Gasteiger partial charge < -0.3 is 0 Å². The molecule has 21 heavy (non-hydrogen) atoms. The Hall–Kier alpha value is -1.77. The number of benzene rings is 2. The largest absolute Gasteiger partial charge is 0.292 e. The number of carbonyl (C=O) groups excluding carboxylic acids is 1. The van der Waals surface area contributed by atoms with E-state index in [1.807, 2.05) is 0 Å². The molecule has 0 amide bonds. The number of ketones is 1. The highest BCUT2D eigenvalue weighted by Gasteiger charge is 2.26. The Kier molecular flexibility index (Phi) is 4.71. The zero-order valence-corrected chi connectivity index (χ0v) is 12.8. The summed E-state index contributed by atoms with van der Waals surface area (Å²) in [6, 6.07) is 8.99. The zero-order chi connectivity index (χ0) is 15.6. The van der Waals surface area contributed by atoms with Crippen molar-refractivity contribution >= 4 is 33.3 Å². The van der Waals surface area contributed by atoms with Gasteiger partial charge in [0.05, 0.1) is 11.6 Å². The molecule has 0 N–H and O–H groups in total. The van der Waals surface area contributed by atoms with Gasteiger partial charge in [0.1, 0.15) is 17.6 Å². The van der Waals surface area contributed by atoms with Crippen LogP contribution in [0.25, 0.3) is 0 Å². The van der Waals surface area contributed by atoms with E-state index in [0.29, 0.717) is 4.47 Å². The van der Waals surface area contributed by atoms with Crippen molar-refractivity contribution in [3.63, 3.8) is 0 Å². The van der Waals surface area contributed by atoms with Gasteiger partial charge in [0, 0.05) is 9.50 Å². The topological polar surface area (TPSA) is 40.9 Å². The van der Waals surface area contributed by atoms with E-state index in [-0.39, 0.29) is 16.1 Å². The van der Waals surface area contributed by atoms with E-state index in [1.165, 1.54) is 18.2 Å². The van der Waals surface area contributed by atoms with Crippen LogP contribution in [0, 0.1) is 23.0 Å². The standard InChI is InChI=1S/C15H7BrClF2NO/c16-8-1-4-14(19)11(5-8)15(21)12(7-20)10-3-2-9(18)6-13(10)17/h1-6,12H. The Balaban J connectivity index is 2.49. The SMILES string of the molecule is N#CC(C(=O)c1cc(Br)ccc1F)c1ccc(F)cc1Cl. The third kappa shape index (κ3) is 3.29. The van der Waals surface area contributed by atoms with E-state index in [1.54, 1.807) is 6.07 Å². The molecule has 0 saturated carbocycles. The third-order valence-corrected chi connectivity index (χ3v) is 3.68. The van der Waals surface area contributed by atoms with Gasteiger partial charge in [-0.2, -0.15) is 5.26 Å². The van der Waals surface area contributed by atoms with Crippen molar-refractivity contribution in [1.29, 1.82) is 5.26 Å². The average Bonchev–Trinajstić information content (AvgIpc) is 2.44. The number of halogens is 4. The first-order chi connectivity index (χ1) is 9.93. The molecule has 6 heteroatoms. The third-order valence-electron chi connectivity index (χ3n) is 2.86. The van der Waals surface area contributed by atoms with Gasteiger partial charge in [-0.1, -0.05) is 33.6 Å². The van der Waals surface area contributed by atoms with Crippen molar-refractivity contribution in [3.05, 3.63) is 68.7 Å². The quantitative estimate of drug-likeness (QED) is 0.723. The van der Waals surface area contributed by atoms with Gasteiger partial charge in [0.25, 0.3) is 0 Å². The molecule has 1 atom stereocenters. The Morgan fingerprint density at radius 2 is 1.95 bits per heavy atom. The van der Waals surface area contributed by atoms with Gasteiger partial charge >= 0.3 is 0 Å². The first-order valence-corrected chi connectivity index (χ1v) is 6.95. The van der Waals surface area contributed by atoms with Crippen LogP contribution < -0.4 is 0 Å². The molecule has 2 nitrogen and oxygen atoms in total. The number of nitriles is 1. The Bertz CT molecular complexity index is 758. The summed E-state index contributed by atoms with van der Waals surface area (Å²) in [6.45, 7) is 0. The summed E-state index contributed by atoms with van der Waals surface area (Å²) in [5, 5.41) is 9.16. The van der Waals surface area contributed by atoms with Crippen LogP contribution in [0.15, 0.2) is 40.9 Å². The number of rotatable bonds is 3. The maximum absolute atomic E-state index is 13.8. The predicted octanol–water partition coefficient (Wildman–Crippen LogP) is 4.87. The minimum Gasteiger partial charge on any atom is -0.292 e. The van der Waals surface area contributed by atoms with Gasteiger partial charge in [-0.3, -0.25) is 4.79 Å². The molecule has 0 spiro atoms. The van der Waals surface area contributed by atoms with E-state index in [0.717, 1.165) is 18.2 Å². The van der Waals surface area contributed by atoms with Gasteiger partial charge in [-0.15, -0.1) is 0 Å². The van der Waals surface area contributed by atoms with Crippen LogP contribution in [0.2, 0.25) is 5.02 Å². The van der Waals surface area contributed by atoms with Gasteiger partial charge in [0.2, 0.25) is 0 Å². The lowest BCUT2D eigenvalue weighted by atomic mass is 9.91. The molecular formula is C15H7BrClF2NO. The Morgan fingerprint density at radius 3 is 2.57 bits per heavy atom. The van der Waals surface area contributed by atoms with Crippen molar-refractivity contribution in [3.8, 4) is 6.07 Å². The van der Waals surface area contributed by atoms with Crippen LogP contribution in [0.1, 0.15) is 21.8 Å². The second-order valence-corrected chi connectivity index (χ2v) is 5.54. The fourth-order valence-corrected chi connectivity index (χ4v) is 2.48. The predicted molar refractivity (Wildman–Crippen MR) is 78.2 cm³/mol. The molecule has 0 radical (unpaired) electrons. The molecular weight excluding hydrogens is 364 g/mol. The summed E-state index contributed by atoms with van der Waals surface area (Å²) >= 11 is 9.00. The molecule has 0 fully saturated rings. The highest BCUT2D eigenvalue weighted by molar-refractivity contribution is 9.10. The van der Waals surface area contributed by atoms with Crippen LogP contribution >= 0.6 is 27.5 Å². The fraction of sp³-hybridized carbons (Fsp3) is 0.0667. The Labute approximate surface area is 133 Å². The second-order valence-electron chi connectivity index (χ2n) is 4.22. The fourth-order valence-electron chi connectivity index (χ4n) is 1.85. The maximum atomic E-state index is 13.8. The van der Waals surface area contributed by atoms with Crippen LogP contribution in [0.3, 0.4) is 0 Å².